The van der Waals surface area contributed by atoms with Crippen LogP contribution < -0.4 is 4.90 Å². The van der Waals surface area contributed by atoms with E-state index in [1.165, 1.54) is 24.1 Å². The number of hydrogen-bond acceptors (Lipinski definition) is 3. The third-order valence-corrected chi connectivity index (χ3v) is 5.69. The minimum absolute atomic E-state index is 0.126. The fourth-order valence-corrected chi connectivity index (χ4v) is 4.09. The number of likely N-dealkylation sites (tertiary alicyclic amines) is 1. The fourth-order valence-electron chi connectivity index (χ4n) is 4.09. The first-order valence-corrected chi connectivity index (χ1v) is 8.44. The first-order valence-electron chi connectivity index (χ1n) is 8.44. The summed E-state index contributed by atoms with van der Waals surface area (Å²) in [6, 6.07) is 8.44. The van der Waals surface area contributed by atoms with E-state index in [-0.39, 0.29) is 11.8 Å². The quantitative estimate of drug-likeness (QED) is 0.925. The van der Waals surface area contributed by atoms with Gasteiger partial charge in [-0.05, 0) is 37.3 Å². The Kier molecular flexibility index (Phi) is 3.32. The van der Waals surface area contributed by atoms with Crippen LogP contribution in [0.4, 0.5) is 5.69 Å². The molecule has 122 valence electrons. The molecule has 1 saturated carbocycles. The monoisotopic (exact) mass is 314 g/mol. The highest BCUT2D eigenvalue weighted by atomic mass is 16.4. The molecule has 0 atom stereocenters. The Hall–Kier alpha value is -2.04. The molecule has 0 unspecified atom stereocenters. The number of carboxylic acids is 1. The van der Waals surface area contributed by atoms with Gasteiger partial charge < -0.3 is 14.9 Å². The van der Waals surface area contributed by atoms with Gasteiger partial charge in [-0.1, -0.05) is 18.2 Å². The molecule has 0 radical (unpaired) electrons. The van der Waals surface area contributed by atoms with E-state index in [1.54, 1.807) is 0 Å². The van der Waals surface area contributed by atoms with Gasteiger partial charge in [-0.15, -0.1) is 0 Å². The maximum atomic E-state index is 12.6. The standard InChI is InChI=1S/C18H22N2O3/c21-16(19-9-5-13(6-10-19)17(22)23)11-20-12-18(7-8-18)14-3-1-2-4-15(14)20/h1-4,13H,5-12H2,(H,22,23). The van der Waals surface area contributed by atoms with E-state index < -0.39 is 5.97 Å². The second-order valence-electron chi connectivity index (χ2n) is 7.15. The van der Waals surface area contributed by atoms with E-state index in [2.05, 4.69) is 23.1 Å². The molecule has 1 N–H and O–H groups in total. The minimum Gasteiger partial charge on any atom is -0.481 e. The highest BCUT2D eigenvalue weighted by Crippen LogP contribution is 2.56. The van der Waals surface area contributed by atoms with Crippen molar-refractivity contribution in [2.24, 2.45) is 5.92 Å². The van der Waals surface area contributed by atoms with Crippen LogP contribution in [0.5, 0.6) is 0 Å². The lowest BCUT2D eigenvalue weighted by molar-refractivity contribution is -0.145. The van der Waals surface area contributed by atoms with Crippen molar-refractivity contribution in [1.29, 1.82) is 0 Å². The predicted octanol–water partition coefficient (Wildman–Crippen LogP) is 1.86. The molecule has 1 amide bonds. The molecule has 1 saturated heterocycles. The molecule has 1 spiro atoms. The Morgan fingerprint density at radius 3 is 2.52 bits per heavy atom. The fraction of sp³-hybridized carbons (Fsp3) is 0.556. The van der Waals surface area contributed by atoms with Gasteiger partial charge in [-0.3, -0.25) is 9.59 Å². The van der Waals surface area contributed by atoms with Crippen LogP contribution in [0.1, 0.15) is 31.2 Å². The molecule has 2 fully saturated rings. The van der Waals surface area contributed by atoms with Gasteiger partial charge in [0.2, 0.25) is 5.91 Å². The molecule has 2 heterocycles. The average molecular weight is 314 g/mol. The Labute approximate surface area is 135 Å². The number of nitrogens with zero attached hydrogens (tertiary/aromatic N) is 2. The lowest BCUT2D eigenvalue weighted by Crippen LogP contribution is -2.45. The first-order chi connectivity index (χ1) is 11.1. The van der Waals surface area contributed by atoms with Gasteiger partial charge in [0.05, 0.1) is 12.5 Å². The number of amides is 1. The Bertz CT molecular complexity index is 645. The summed E-state index contributed by atoms with van der Waals surface area (Å²) in [5.74, 6) is -0.899. The Morgan fingerprint density at radius 2 is 1.87 bits per heavy atom. The van der Waals surface area contributed by atoms with Gasteiger partial charge in [-0.25, -0.2) is 0 Å². The summed E-state index contributed by atoms with van der Waals surface area (Å²) in [6.45, 7) is 2.49. The normalized spacial score (nSPS) is 22.3. The van der Waals surface area contributed by atoms with Crippen molar-refractivity contribution in [1.82, 2.24) is 4.90 Å². The van der Waals surface area contributed by atoms with Crippen LogP contribution in [0.2, 0.25) is 0 Å². The van der Waals surface area contributed by atoms with Crippen LogP contribution in [-0.4, -0.2) is 48.1 Å². The van der Waals surface area contributed by atoms with Crippen molar-refractivity contribution in [3.05, 3.63) is 29.8 Å². The highest BCUT2D eigenvalue weighted by molar-refractivity contribution is 5.83. The first kappa shape index (κ1) is 14.5. The molecule has 23 heavy (non-hydrogen) atoms. The number of carbonyl (C=O) groups is 2. The van der Waals surface area contributed by atoms with Gasteiger partial charge in [0, 0.05) is 30.7 Å². The second-order valence-corrected chi connectivity index (χ2v) is 7.15. The lowest BCUT2D eigenvalue weighted by atomic mass is 9.97. The van der Waals surface area contributed by atoms with E-state index >= 15 is 0 Å². The molecule has 4 rings (SSSR count). The van der Waals surface area contributed by atoms with Crippen molar-refractivity contribution >= 4 is 17.6 Å². The zero-order valence-electron chi connectivity index (χ0n) is 13.2. The zero-order valence-corrected chi connectivity index (χ0v) is 13.2. The molecule has 0 aromatic heterocycles. The van der Waals surface area contributed by atoms with E-state index in [4.69, 9.17) is 5.11 Å². The minimum atomic E-state index is -0.735. The smallest absolute Gasteiger partial charge is 0.306 e. The molecule has 3 aliphatic rings. The molecule has 5 heteroatoms. The zero-order chi connectivity index (χ0) is 16.0. The topological polar surface area (TPSA) is 60.9 Å². The molecule has 5 nitrogen and oxygen atoms in total. The summed E-state index contributed by atoms with van der Waals surface area (Å²) in [5, 5.41) is 9.06. The third-order valence-electron chi connectivity index (χ3n) is 5.69. The largest absolute Gasteiger partial charge is 0.481 e. The molecular weight excluding hydrogens is 292 g/mol. The van der Waals surface area contributed by atoms with Gasteiger partial charge >= 0.3 is 5.97 Å². The van der Waals surface area contributed by atoms with Crippen molar-refractivity contribution in [3.8, 4) is 0 Å². The highest BCUT2D eigenvalue weighted by Gasteiger charge is 2.51. The summed E-state index contributed by atoms with van der Waals surface area (Å²) >= 11 is 0. The van der Waals surface area contributed by atoms with Crippen LogP contribution in [0, 0.1) is 5.92 Å². The summed E-state index contributed by atoms with van der Waals surface area (Å²) in [6.07, 6.45) is 3.58. The summed E-state index contributed by atoms with van der Waals surface area (Å²) in [5.41, 5.74) is 2.91. The number of carbonyl (C=O) groups excluding carboxylic acids is 1. The molecule has 1 aromatic rings. The van der Waals surface area contributed by atoms with Crippen molar-refractivity contribution in [2.45, 2.75) is 31.1 Å². The SMILES string of the molecule is O=C(O)C1CCN(C(=O)CN2CC3(CC3)c3ccccc32)CC1. The van der Waals surface area contributed by atoms with Crippen LogP contribution in [0.3, 0.4) is 0 Å². The maximum Gasteiger partial charge on any atom is 0.306 e. The Balaban J connectivity index is 1.42. The molecule has 0 bridgehead atoms. The summed E-state index contributed by atoms with van der Waals surface area (Å²) in [7, 11) is 0. The maximum absolute atomic E-state index is 12.6. The number of piperidine rings is 1. The van der Waals surface area contributed by atoms with Gasteiger partial charge in [-0.2, -0.15) is 0 Å². The molecule has 1 aromatic carbocycles. The molecule has 1 aliphatic carbocycles. The number of hydrogen-bond donors (Lipinski definition) is 1. The third kappa shape index (κ3) is 2.48. The summed E-state index contributed by atoms with van der Waals surface area (Å²) in [4.78, 5) is 27.7. The van der Waals surface area contributed by atoms with Crippen LogP contribution in [0.15, 0.2) is 24.3 Å². The van der Waals surface area contributed by atoms with Gasteiger partial charge in [0.15, 0.2) is 0 Å². The summed E-state index contributed by atoms with van der Waals surface area (Å²) < 4.78 is 0. The van der Waals surface area contributed by atoms with Crippen molar-refractivity contribution in [2.75, 3.05) is 31.1 Å². The van der Waals surface area contributed by atoms with Gasteiger partial charge in [0.1, 0.15) is 0 Å². The average Bonchev–Trinajstić information content (AvgIpc) is 3.28. The molecular formula is C18H22N2O3. The molecule has 2 aliphatic heterocycles. The van der Waals surface area contributed by atoms with E-state index in [0.29, 0.717) is 37.9 Å². The number of aliphatic carboxylic acids is 1. The Morgan fingerprint density at radius 1 is 1.17 bits per heavy atom. The number of para-hydroxylation sites is 1. The van der Waals surface area contributed by atoms with Crippen LogP contribution in [-0.2, 0) is 15.0 Å². The predicted molar refractivity (Wildman–Crippen MR) is 86.5 cm³/mol. The van der Waals surface area contributed by atoms with E-state index in [1.807, 2.05) is 11.0 Å². The second kappa shape index (κ2) is 5.25. The van der Waals surface area contributed by atoms with Crippen molar-refractivity contribution < 1.29 is 14.7 Å². The van der Waals surface area contributed by atoms with Gasteiger partial charge in [0.25, 0.3) is 0 Å². The van der Waals surface area contributed by atoms with Crippen molar-refractivity contribution in [3.63, 3.8) is 0 Å². The number of rotatable bonds is 3. The lowest BCUT2D eigenvalue weighted by Gasteiger charge is -2.32. The number of benzene rings is 1. The van der Waals surface area contributed by atoms with Crippen LogP contribution in [0.25, 0.3) is 0 Å². The number of fused-ring (bicyclic) bond motifs is 2. The van der Waals surface area contributed by atoms with E-state index in [9.17, 15) is 9.59 Å². The number of anilines is 1. The number of carboxylic acid groups (broad SMARTS) is 1. The van der Waals surface area contributed by atoms with E-state index in [0.717, 1.165) is 6.54 Å². The van der Waals surface area contributed by atoms with Crippen LogP contribution >= 0.6 is 0 Å².